The number of hydrogen-bond acceptors (Lipinski definition) is 4. The van der Waals surface area contributed by atoms with Crippen LogP contribution in [0.3, 0.4) is 0 Å². The Balaban J connectivity index is 3.83. The van der Waals surface area contributed by atoms with E-state index in [0.29, 0.717) is 19.3 Å². The maximum absolute atomic E-state index is 11.4. The highest BCUT2D eigenvalue weighted by Gasteiger charge is 2.18. The predicted octanol–water partition coefficient (Wildman–Crippen LogP) is -0.522. The lowest BCUT2D eigenvalue weighted by molar-refractivity contribution is -0.139. The zero-order chi connectivity index (χ0) is 14.9. The van der Waals surface area contributed by atoms with E-state index < -0.39 is 28.1 Å². The minimum Gasteiger partial charge on any atom is -0.480 e. The van der Waals surface area contributed by atoms with Gasteiger partial charge in [-0.05, 0) is 12.8 Å². The van der Waals surface area contributed by atoms with Gasteiger partial charge in [-0.25, -0.2) is 22.7 Å². The molecule has 1 unspecified atom stereocenters. The zero-order valence-electron chi connectivity index (χ0n) is 11.1. The number of hydrogen-bond donors (Lipinski definition) is 4. The van der Waals surface area contributed by atoms with Crippen molar-refractivity contribution in [2.75, 3.05) is 19.3 Å². The molecule has 4 N–H and O–H groups in total. The Morgan fingerprint density at radius 2 is 1.89 bits per heavy atom. The summed E-state index contributed by atoms with van der Waals surface area (Å²) in [5.74, 6) is -1.07. The van der Waals surface area contributed by atoms with Crippen LogP contribution in [0.2, 0.25) is 0 Å². The molecule has 8 nitrogen and oxygen atoms in total. The summed E-state index contributed by atoms with van der Waals surface area (Å²) in [6, 6.07) is -1.47. The number of amides is 2. The maximum Gasteiger partial charge on any atom is 0.326 e. The van der Waals surface area contributed by atoms with Gasteiger partial charge in [0.05, 0.1) is 6.26 Å². The molecule has 0 fully saturated rings. The Morgan fingerprint density at radius 3 is 2.37 bits per heavy atom. The largest absolute Gasteiger partial charge is 0.480 e. The number of carbonyl (C=O) groups is 2. The van der Waals surface area contributed by atoms with Crippen LogP contribution in [-0.4, -0.2) is 50.9 Å². The van der Waals surface area contributed by atoms with Gasteiger partial charge in [0, 0.05) is 13.1 Å². The first-order valence-corrected chi connectivity index (χ1v) is 7.87. The van der Waals surface area contributed by atoms with Crippen LogP contribution in [0.1, 0.15) is 26.2 Å². The number of carboxylic acids is 1. The van der Waals surface area contributed by atoms with Gasteiger partial charge in [0.2, 0.25) is 10.0 Å². The molecule has 0 radical (unpaired) electrons. The Labute approximate surface area is 113 Å². The van der Waals surface area contributed by atoms with Crippen molar-refractivity contribution in [2.24, 2.45) is 0 Å². The predicted molar refractivity (Wildman–Crippen MR) is 70.3 cm³/mol. The summed E-state index contributed by atoms with van der Waals surface area (Å²) >= 11 is 0. The molecule has 2 amide bonds. The lowest BCUT2D eigenvalue weighted by Crippen LogP contribution is -2.46. The van der Waals surface area contributed by atoms with E-state index in [1.165, 1.54) is 0 Å². The molecule has 0 saturated heterocycles. The van der Waals surface area contributed by atoms with E-state index >= 15 is 0 Å². The van der Waals surface area contributed by atoms with Crippen molar-refractivity contribution in [3.63, 3.8) is 0 Å². The molecule has 0 rings (SSSR count). The topological polar surface area (TPSA) is 125 Å². The molecule has 0 aliphatic carbocycles. The molecule has 0 spiro atoms. The van der Waals surface area contributed by atoms with Crippen LogP contribution in [-0.2, 0) is 14.8 Å². The minimum absolute atomic E-state index is 0.219. The molecule has 0 aromatic rings. The summed E-state index contributed by atoms with van der Waals surface area (Å²) in [4.78, 5) is 22.2. The van der Waals surface area contributed by atoms with Gasteiger partial charge in [-0.2, -0.15) is 0 Å². The van der Waals surface area contributed by atoms with Gasteiger partial charge < -0.3 is 15.7 Å². The average Bonchev–Trinajstić information content (AvgIpc) is 2.26. The molecule has 1 atom stereocenters. The van der Waals surface area contributed by atoms with Crippen molar-refractivity contribution in [1.29, 1.82) is 0 Å². The molecular formula is C10H21N3O5S. The van der Waals surface area contributed by atoms with Crippen molar-refractivity contribution in [2.45, 2.75) is 32.2 Å². The van der Waals surface area contributed by atoms with Gasteiger partial charge >= 0.3 is 12.0 Å². The molecule has 19 heavy (non-hydrogen) atoms. The van der Waals surface area contributed by atoms with E-state index in [1.54, 1.807) is 0 Å². The molecular weight excluding hydrogens is 274 g/mol. The SMILES string of the molecule is CCCC(NC(=O)NCCCNS(C)(=O)=O)C(=O)O. The van der Waals surface area contributed by atoms with E-state index in [1.807, 2.05) is 6.92 Å². The number of carboxylic acid groups (broad SMARTS) is 1. The second kappa shape index (κ2) is 8.70. The molecule has 0 bridgehead atoms. The number of aliphatic carboxylic acids is 1. The van der Waals surface area contributed by atoms with Crippen LogP contribution in [0.25, 0.3) is 0 Å². The average molecular weight is 295 g/mol. The van der Waals surface area contributed by atoms with Gasteiger partial charge in [0.15, 0.2) is 0 Å². The highest BCUT2D eigenvalue weighted by molar-refractivity contribution is 7.88. The van der Waals surface area contributed by atoms with Crippen molar-refractivity contribution < 1.29 is 23.1 Å². The first-order valence-electron chi connectivity index (χ1n) is 5.98. The lowest BCUT2D eigenvalue weighted by atomic mass is 10.2. The molecule has 0 heterocycles. The van der Waals surface area contributed by atoms with Crippen molar-refractivity contribution >= 4 is 22.0 Å². The highest BCUT2D eigenvalue weighted by Crippen LogP contribution is 1.96. The summed E-state index contributed by atoms with van der Waals surface area (Å²) in [6.45, 7) is 2.30. The van der Waals surface area contributed by atoms with Crippen molar-refractivity contribution in [1.82, 2.24) is 15.4 Å². The van der Waals surface area contributed by atoms with E-state index in [9.17, 15) is 18.0 Å². The van der Waals surface area contributed by atoms with Crippen LogP contribution < -0.4 is 15.4 Å². The second-order valence-electron chi connectivity index (χ2n) is 4.10. The number of rotatable bonds is 9. The maximum atomic E-state index is 11.4. The minimum atomic E-state index is -3.22. The Kier molecular flexibility index (Phi) is 8.08. The summed E-state index contributed by atoms with van der Waals surface area (Å²) in [6.07, 6.45) is 2.48. The number of sulfonamides is 1. The van der Waals surface area contributed by atoms with Crippen LogP contribution in [0.4, 0.5) is 4.79 Å². The molecule has 0 aromatic carbocycles. The molecule has 0 saturated carbocycles. The fourth-order valence-electron chi connectivity index (χ4n) is 1.30. The standard InChI is InChI=1S/C10H21N3O5S/c1-3-5-8(9(14)15)13-10(16)11-6-4-7-12-19(2,17)18/h8,12H,3-7H2,1-2H3,(H,14,15)(H2,11,13,16). The van der Waals surface area contributed by atoms with Crippen LogP contribution in [0.15, 0.2) is 0 Å². The van der Waals surface area contributed by atoms with Gasteiger partial charge in [-0.3, -0.25) is 0 Å². The Hall–Kier alpha value is -1.35. The first kappa shape index (κ1) is 17.6. The quantitative estimate of drug-likeness (QED) is 0.426. The third kappa shape index (κ3) is 10.3. The smallest absolute Gasteiger partial charge is 0.326 e. The normalized spacial score (nSPS) is 12.7. The van der Waals surface area contributed by atoms with Crippen LogP contribution in [0.5, 0.6) is 0 Å². The fourth-order valence-corrected chi connectivity index (χ4v) is 1.82. The van der Waals surface area contributed by atoms with Gasteiger partial charge in [-0.1, -0.05) is 13.3 Å². The van der Waals surface area contributed by atoms with Crippen LogP contribution >= 0.6 is 0 Å². The second-order valence-corrected chi connectivity index (χ2v) is 5.93. The number of nitrogens with one attached hydrogen (secondary N) is 3. The molecule has 0 aliphatic heterocycles. The Morgan fingerprint density at radius 1 is 1.26 bits per heavy atom. The first-order chi connectivity index (χ1) is 8.76. The van der Waals surface area contributed by atoms with E-state index in [2.05, 4.69) is 15.4 Å². The number of carbonyl (C=O) groups excluding carboxylic acids is 1. The van der Waals surface area contributed by atoms with Gasteiger partial charge in [0.1, 0.15) is 6.04 Å². The zero-order valence-corrected chi connectivity index (χ0v) is 11.9. The summed E-state index contributed by atoms with van der Waals surface area (Å²) in [5.41, 5.74) is 0. The molecule has 0 aliphatic rings. The highest BCUT2D eigenvalue weighted by atomic mass is 32.2. The summed E-state index contributed by atoms with van der Waals surface area (Å²) in [5, 5.41) is 13.6. The van der Waals surface area contributed by atoms with Gasteiger partial charge in [-0.15, -0.1) is 0 Å². The fraction of sp³-hybridized carbons (Fsp3) is 0.800. The summed E-state index contributed by atoms with van der Waals surface area (Å²) < 4.78 is 23.8. The number of urea groups is 1. The third-order valence-corrected chi connectivity index (χ3v) is 2.91. The molecule has 9 heteroatoms. The monoisotopic (exact) mass is 295 g/mol. The van der Waals surface area contributed by atoms with Crippen molar-refractivity contribution in [3.8, 4) is 0 Å². The van der Waals surface area contributed by atoms with Gasteiger partial charge in [0.25, 0.3) is 0 Å². The van der Waals surface area contributed by atoms with E-state index in [-0.39, 0.29) is 13.1 Å². The summed E-state index contributed by atoms with van der Waals surface area (Å²) in [7, 11) is -3.22. The molecule has 0 aromatic heterocycles. The molecule has 112 valence electrons. The lowest BCUT2D eigenvalue weighted by Gasteiger charge is -2.14. The van der Waals surface area contributed by atoms with E-state index in [4.69, 9.17) is 5.11 Å². The van der Waals surface area contributed by atoms with Crippen LogP contribution in [0, 0.1) is 0 Å². The Bertz CT molecular complexity index is 396. The van der Waals surface area contributed by atoms with Crippen molar-refractivity contribution in [3.05, 3.63) is 0 Å². The third-order valence-electron chi connectivity index (χ3n) is 2.18. The van der Waals surface area contributed by atoms with E-state index in [0.717, 1.165) is 6.26 Å².